The molecule has 0 aliphatic carbocycles. The van der Waals surface area contributed by atoms with Gasteiger partial charge in [0, 0.05) is 22.1 Å². The van der Waals surface area contributed by atoms with Crippen molar-refractivity contribution in [2.24, 2.45) is 5.10 Å². The van der Waals surface area contributed by atoms with Crippen LogP contribution in [-0.2, 0) is 16.8 Å². The molecule has 0 saturated heterocycles. The van der Waals surface area contributed by atoms with E-state index in [2.05, 4.69) is 81.7 Å². The summed E-state index contributed by atoms with van der Waals surface area (Å²) in [6.07, 6.45) is 1.61. The molecule has 0 unspecified atom stereocenters. The minimum atomic E-state index is -0.199. The third-order valence-corrected chi connectivity index (χ3v) is 6.36. The van der Waals surface area contributed by atoms with Gasteiger partial charge in [0.25, 0.3) is 5.91 Å². The molecule has 0 spiro atoms. The van der Waals surface area contributed by atoms with Gasteiger partial charge in [0.2, 0.25) is 0 Å². The summed E-state index contributed by atoms with van der Waals surface area (Å²) in [6.45, 7) is 9.34. The molecule has 1 heterocycles. The average molecular weight is 500 g/mol. The summed E-state index contributed by atoms with van der Waals surface area (Å²) < 4.78 is 2.94. The Morgan fingerprint density at radius 3 is 2.52 bits per heavy atom. The van der Waals surface area contributed by atoms with Crippen LogP contribution in [0.3, 0.4) is 0 Å². The number of thioether (sulfide) groups is 1. The van der Waals surface area contributed by atoms with Crippen molar-refractivity contribution in [3.05, 3.63) is 64.1 Å². The lowest BCUT2D eigenvalue weighted by molar-refractivity contribution is -0.118. The minimum absolute atomic E-state index is 0.102. The molecule has 3 rings (SSSR count). The third-order valence-electron chi connectivity index (χ3n) is 4.67. The highest BCUT2D eigenvalue weighted by Crippen LogP contribution is 2.27. The lowest BCUT2D eigenvalue weighted by Gasteiger charge is -2.19. The molecule has 0 radical (unpaired) electrons. The van der Waals surface area contributed by atoms with Gasteiger partial charge in [-0.3, -0.25) is 4.79 Å². The molecule has 162 valence electrons. The molecule has 1 aromatic heterocycles. The van der Waals surface area contributed by atoms with E-state index >= 15 is 0 Å². The predicted molar refractivity (Wildman–Crippen MR) is 130 cm³/mol. The number of carbonyl (C=O) groups excluding carboxylic acids is 1. The molecule has 31 heavy (non-hydrogen) atoms. The maximum absolute atomic E-state index is 12.2. The van der Waals surface area contributed by atoms with Crippen molar-refractivity contribution in [2.75, 3.05) is 5.75 Å². The van der Waals surface area contributed by atoms with Crippen LogP contribution in [0.2, 0.25) is 0 Å². The number of aromatic nitrogens is 3. The summed E-state index contributed by atoms with van der Waals surface area (Å²) in [5.74, 6) is 0.807. The lowest BCUT2D eigenvalue weighted by atomic mass is 9.87. The van der Waals surface area contributed by atoms with Crippen molar-refractivity contribution in [3.63, 3.8) is 0 Å². The maximum atomic E-state index is 12.2. The number of hydrazone groups is 1. The Labute approximate surface area is 195 Å². The monoisotopic (exact) mass is 499 g/mol. The molecule has 3 aromatic rings. The molecule has 0 bridgehead atoms. The largest absolute Gasteiger partial charge is 0.302 e. The molecule has 0 aliphatic heterocycles. The second-order valence-corrected chi connectivity index (χ2v) is 9.78. The number of nitrogens with zero attached hydrogens (tertiary/aromatic N) is 4. The summed E-state index contributed by atoms with van der Waals surface area (Å²) in [6, 6.07) is 16.1. The first-order valence-electron chi connectivity index (χ1n) is 10.0. The number of nitrogens with one attached hydrogen (secondary N) is 1. The van der Waals surface area contributed by atoms with E-state index in [9.17, 15) is 4.79 Å². The van der Waals surface area contributed by atoms with E-state index in [1.54, 1.807) is 6.21 Å². The quantitative estimate of drug-likeness (QED) is 0.273. The first-order valence-corrected chi connectivity index (χ1v) is 11.8. The summed E-state index contributed by atoms with van der Waals surface area (Å²) in [5.41, 5.74) is 5.83. The number of hydrogen-bond donors (Lipinski definition) is 1. The van der Waals surface area contributed by atoms with Crippen LogP contribution in [0.5, 0.6) is 0 Å². The highest BCUT2D eigenvalue weighted by atomic mass is 79.9. The smallest absolute Gasteiger partial charge is 0.250 e. The minimum Gasteiger partial charge on any atom is -0.302 e. The lowest BCUT2D eigenvalue weighted by Crippen LogP contribution is -2.20. The highest BCUT2D eigenvalue weighted by molar-refractivity contribution is 9.10. The van der Waals surface area contributed by atoms with Gasteiger partial charge in [-0.05, 0) is 24.0 Å². The van der Waals surface area contributed by atoms with Gasteiger partial charge in [0.15, 0.2) is 11.0 Å². The molecule has 8 heteroatoms. The first kappa shape index (κ1) is 23.2. The van der Waals surface area contributed by atoms with Gasteiger partial charge in [0.05, 0.1) is 12.0 Å². The van der Waals surface area contributed by atoms with Crippen LogP contribution >= 0.6 is 27.7 Å². The van der Waals surface area contributed by atoms with Crippen LogP contribution in [0.4, 0.5) is 0 Å². The zero-order chi connectivity index (χ0) is 22.4. The summed E-state index contributed by atoms with van der Waals surface area (Å²) in [7, 11) is 0. The van der Waals surface area contributed by atoms with Crippen molar-refractivity contribution in [3.8, 4) is 11.4 Å². The fourth-order valence-corrected chi connectivity index (χ4v) is 4.11. The van der Waals surface area contributed by atoms with Crippen molar-refractivity contribution in [1.29, 1.82) is 0 Å². The second-order valence-electron chi connectivity index (χ2n) is 7.98. The van der Waals surface area contributed by atoms with E-state index in [0.717, 1.165) is 21.4 Å². The van der Waals surface area contributed by atoms with Crippen LogP contribution in [0, 0.1) is 0 Å². The Bertz CT molecular complexity index is 1070. The zero-order valence-electron chi connectivity index (χ0n) is 18.1. The molecule has 1 amide bonds. The van der Waals surface area contributed by atoms with E-state index in [4.69, 9.17) is 0 Å². The van der Waals surface area contributed by atoms with Crippen LogP contribution < -0.4 is 5.43 Å². The Morgan fingerprint density at radius 2 is 1.87 bits per heavy atom. The SMILES string of the molecule is CCn1c(SCC(=O)N/N=C/c2ccccc2Br)nnc1-c1ccc(C(C)(C)C)cc1. The number of halogens is 1. The van der Waals surface area contributed by atoms with E-state index in [0.29, 0.717) is 11.7 Å². The van der Waals surface area contributed by atoms with Gasteiger partial charge in [-0.25, -0.2) is 5.43 Å². The highest BCUT2D eigenvalue weighted by Gasteiger charge is 2.17. The molecular formula is C23H26BrN5OS. The summed E-state index contributed by atoms with van der Waals surface area (Å²) >= 11 is 4.80. The van der Waals surface area contributed by atoms with Crippen LogP contribution in [0.25, 0.3) is 11.4 Å². The third kappa shape index (κ3) is 6.04. The molecule has 1 N–H and O–H groups in total. The Hall–Kier alpha value is -2.45. The first-order chi connectivity index (χ1) is 14.8. The molecule has 0 saturated carbocycles. The van der Waals surface area contributed by atoms with Crippen molar-refractivity contribution in [1.82, 2.24) is 20.2 Å². The van der Waals surface area contributed by atoms with E-state index in [-0.39, 0.29) is 17.1 Å². The van der Waals surface area contributed by atoms with Gasteiger partial charge in [-0.1, -0.05) is 90.9 Å². The molecule has 6 nitrogen and oxygen atoms in total. The van der Waals surface area contributed by atoms with Crippen LogP contribution in [-0.4, -0.2) is 32.6 Å². The van der Waals surface area contributed by atoms with Gasteiger partial charge in [-0.2, -0.15) is 5.10 Å². The zero-order valence-corrected chi connectivity index (χ0v) is 20.5. The molecule has 0 atom stereocenters. The van der Waals surface area contributed by atoms with Crippen molar-refractivity contribution < 1.29 is 4.79 Å². The molecule has 0 fully saturated rings. The number of carbonyl (C=O) groups is 1. The van der Waals surface area contributed by atoms with Gasteiger partial charge in [-0.15, -0.1) is 10.2 Å². The fraction of sp³-hybridized carbons (Fsp3) is 0.304. The maximum Gasteiger partial charge on any atom is 0.250 e. The van der Waals surface area contributed by atoms with E-state index in [1.807, 2.05) is 35.8 Å². The second kappa shape index (κ2) is 10.2. The van der Waals surface area contributed by atoms with E-state index < -0.39 is 0 Å². The Balaban J connectivity index is 1.63. The van der Waals surface area contributed by atoms with Crippen LogP contribution in [0.15, 0.2) is 63.3 Å². The number of amides is 1. The Morgan fingerprint density at radius 1 is 1.16 bits per heavy atom. The standard InChI is InChI=1S/C23H26BrN5OS/c1-5-29-21(16-10-12-18(13-11-16)23(2,3)4)27-28-22(29)31-15-20(30)26-25-14-17-8-6-7-9-19(17)24/h6-14H,5,15H2,1-4H3,(H,26,30)/b25-14+. The summed E-state index contributed by atoms with van der Waals surface area (Å²) in [5, 5.41) is 13.4. The predicted octanol–water partition coefficient (Wildman–Crippen LogP) is 5.27. The fourth-order valence-electron chi connectivity index (χ4n) is 2.93. The van der Waals surface area contributed by atoms with Gasteiger partial charge >= 0.3 is 0 Å². The van der Waals surface area contributed by atoms with E-state index in [1.165, 1.54) is 17.3 Å². The van der Waals surface area contributed by atoms with Gasteiger partial charge in [0.1, 0.15) is 0 Å². The number of rotatable bonds is 7. The summed E-state index contributed by atoms with van der Waals surface area (Å²) in [4.78, 5) is 12.2. The number of benzene rings is 2. The average Bonchev–Trinajstić information content (AvgIpc) is 3.16. The normalized spacial score (nSPS) is 11.8. The number of hydrogen-bond acceptors (Lipinski definition) is 5. The van der Waals surface area contributed by atoms with Gasteiger partial charge < -0.3 is 4.57 Å². The van der Waals surface area contributed by atoms with Crippen LogP contribution in [0.1, 0.15) is 38.8 Å². The molecular weight excluding hydrogens is 474 g/mol. The molecule has 0 aliphatic rings. The topological polar surface area (TPSA) is 72.2 Å². The van der Waals surface area contributed by atoms with Crippen molar-refractivity contribution >= 4 is 39.8 Å². The molecule has 2 aromatic carbocycles. The Kier molecular flexibility index (Phi) is 7.67. The van der Waals surface area contributed by atoms with Crippen molar-refractivity contribution in [2.45, 2.75) is 44.8 Å².